The van der Waals surface area contributed by atoms with Crippen LogP contribution in [0.5, 0.6) is 0 Å². The van der Waals surface area contributed by atoms with Crippen molar-refractivity contribution >= 4 is 11.9 Å². The average Bonchev–Trinajstić information content (AvgIpc) is 3.34. The van der Waals surface area contributed by atoms with Gasteiger partial charge in [-0.1, -0.05) is 227 Å². The third-order valence-electron chi connectivity index (χ3n) is 12.1. The van der Waals surface area contributed by atoms with Crippen molar-refractivity contribution in [1.82, 2.24) is 0 Å². The van der Waals surface area contributed by atoms with E-state index < -0.39 is 6.10 Å². The van der Waals surface area contributed by atoms with E-state index in [0.717, 1.165) is 103 Å². The number of unbranched alkanes of at least 4 members (excludes halogenated alkanes) is 25. The molecule has 0 amide bonds. The standard InChI is InChI=1S/C63H108O5/c1-4-7-10-13-16-19-22-25-28-30-32-33-36-38-41-44-47-50-53-56-62(64)67-60-61(68-63(65)57-54-51-48-45-42-39-35-27-24-21-18-15-12-9-6-3)59-66-58-55-52-49-46-43-40-37-34-31-29-26-23-20-17-14-11-8-5-2/h7,10,16-21,25-29,32-33,35,61H,4-6,8-9,11-15,22-24,30-31,34,36-60H2,1-3H3/b10-7-,19-16-,20-17-,21-18-,28-25-,29-26-,33-32-,35-27-. The van der Waals surface area contributed by atoms with Crippen LogP contribution in [-0.4, -0.2) is 37.9 Å². The zero-order chi connectivity index (χ0) is 49.2. The molecule has 0 heterocycles. The molecule has 0 spiro atoms. The summed E-state index contributed by atoms with van der Waals surface area (Å²) < 4.78 is 17.5. The first-order valence-electron chi connectivity index (χ1n) is 28.8. The number of rotatable bonds is 52. The molecule has 0 aliphatic rings. The van der Waals surface area contributed by atoms with Gasteiger partial charge in [0.25, 0.3) is 0 Å². The fourth-order valence-corrected chi connectivity index (χ4v) is 7.80. The van der Waals surface area contributed by atoms with E-state index in [2.05, 4.69) is 118 Å². The third-order valence-corrected chi connectivity index (χ3v) is 12.1. The first-order chi connectivity index (χ1) is 33.6. The molecule has 0 aromatic carbocycles. The highest BCUT2D eigenvalue weighted by Crippen LogP contribution is 2.14. The van der Waals surface area contributed by atoms with Gasteiger partial charge in [-0.15, -0.1) is 0 Å². The molecule has 0 N–H and O–H groups in total. The van der Waals surface area contributed by atoms with Crippen molar-refractivity contribution in [3.05, 3.63) is 97.2 Å². The molecule has 5 nitrogen and oxygen atoms in total. The smallest absolute Gasteiger partial charge is 0.306 e. The molecule has 0 aromatic rings. The van der Waals surface area contributed by atoms with Gasteiger partial charge in [-0.25, -0.2) is 0 Å². The zero-order valence-electron chi connectivity index (χ0n) is 44.8. The first-order valence-corrected chi connectivity index (χ1v) is 28.8. The molecular formula is C63H108O5. The van der Waals surface area contributed by atoms with E-state index >= 15 is 0 Å². The lowest BCUT2D eigenvalue weighted by Crippen LogP contribution is -2.30. The lowest BCUT2D eigenvalue weighted by molar-refractivity contribution is -0.163. The quantitative estimate of drug-likeness (QED) is 0.0345. The van der Waals surface area contributed by atoms with E-state index in [-0.39, 0.29) is 25.2 Å². The van der Waals surface area contributed by atoms with Crippen LogP contribution in [0.1, 0.15) is 265 Å². The van der Waals surface area contributed by atoms with Gasteiger partial charge in [-0.3, -0.25) is 9.59 Å². The number of carbonyl (C=O) groups is 2. The Balaban J connectivity index is 4.34. The number of hydrogen-bond acceptors (Lipinski definition) is 5. The molecule has 1 atom stereocenters. The fourth-order valence-electron chi connectivity index (χ4n) is 7.80. The summed E-state index contributed by atoms with van der Waals surface area (Å²) in [5.74, 6) is -0.430. The number of ether oxygens (including phenoxy) is 3. The molecular weight excluding hydrogens is 837 g/mol. The summed E-state index contributed by atoms with van der Waals surface area (Å²) in [7, 11) is 0. The summed E-state index contributed by atoms with van der Waals surface area (Å²) in [6.45, 7) is 7.64. The summed E-state index contributed by atoms with van der Waals surface area (Å²) in [6, 6.07) is 0. The molecule has 5 heteroatoms. The Bertz CT molecular complexity index is 1300. The topological polar surface area (TPSA) is 61.8 Å². The minimum absolute atomic E-state index is 0.0655. The monoisotopic (exact) mass is 945 g/mol. The Morgan fingerprint density at radius 2 is 0.662 bits per heavy atom. The molecule has 0 saturated carbocycles. The Kier molecular flexibility index (Phi) is 55.4. The van der Waals surface area contributed by atoms with E-state index in [1.54, 1.807) is 0 Å². The van der Waals surface area contributed by atoms with Crippen molar-refractivity contribution in [1.29, 1.82) is 0 Å². The van der Waals surface area contributed by atoms with Crippen LogP contribution < -0.4 is 0 Å². The second-order valence-corrected chi connectivity index (χ2v) is 18.8. The largest absolute Gasteiger partial charge is 0.462 e. The third kappa shape index (κ3) is 55.4. The van der Waals surface area contributed by atoms with Crippen molar-refractivity contribution in [3.63, 3.8) is 0 Å². The van der Waals surface area contributed by atoms with Gasteiger partial charge in [0.15, 0.2) is 6.10 Å². The lowest BCUT2D eigenvalue weighted by atomic mass is 10.1. The lowest BCUT2D eigenvalue weighted by Gasteiger charge is -2.18. The molecule has 0 rings (SSSR count). The summed E-state index contributed by atoms with van der Waals surface area (Å²) in [5.41, 5.74) is 0. The molecule has 1 unspecified atom stereocenters. The van der Waals surface area contributed by atoms with Gasteiger partial charge in [0, 0.05) is 19.4 Å². The highest BCUT2D eigenvalue weighted by atomic mass is 16.6. The van der Waals surface area contributed by atoms with E-state index in [4.69, 9.17) is 14.2 Å². The van der Waals surface area contributed by atoms with Gasteiger partial charge in [-0.05, 0) is 122 Å². The van der Waals surface area contributed by atoms with Crippen LogP contribution in [0, 0.1) is 0 Å². The van der Waals surface area contributed by atoms with Gasteiger partial charge >= 0.3 is 11.9 Å². The predicted octanol–water partition coefficient (Wildman–Crippen LogP) is 19.8. The summed E-state index contributed by atoms with van der Waals surface area (Å²) >= 11 is 0. The number of allylic oxidation sites excluding steroid dienone is 16. The molecule has 0 radical (unpaired) electrons. The Labute approximate surface area is 422 Å². The molecule has 390 valence electrons. The van der Waals surface area contributed by atoms with E-state index in [1.165, 1.54) is 128 Å². The SMILES string of the molecule is CC/C=C\C/C=C\C/C=C\C/C=C\CCCCCCCCC(=O)OCC(COCCCCCCCCCC/C=C\C/C=C\CCCCC)OC(=O)CCCCCCC/C=C\C/C=C\CCCCC. The Morgan fingerprint density at radius 3 is 1.06 bits per heavy atom. The van der Waals surface area contributed by atoms with Gasteiger partial charge in [0.1, 0.15) is 6.61 Å². The van der Waals surface area contributed by atoms with Crippen molar-refractivity contribution in [3.8, 4) is 0 Å². The van der Waals surface area contributed by atoms with E-state index in [1.807, 2.05) is 0 Å². The first kappa shape index (κ1) is 64.8. The van der Waals surface area contributed by atoms with Gasteiger partial charge in [0.2, 0.25) is 0 Å². The van der Waals surface area contributed by atoms with Crippen molar-refractivity contribution < 1.29 is 23.8 Å². The maximum absolute atomic E-state index is 12.9. The van der Waals surface area contributed by atoms with Crippen LogP contribution >= 0.6 is 0 Å². The molecule has 0 aliphatic carbocycles. The zero-order valence-corrected chi connectivity index (χ0v) is 44.8. The predicted molar refractivity (Wildman–Crippen MR) is 297 cm³/mol. The maximum Gasteiger partial charge on any atom is 0.306 e. The average molecular weight is 946 g/mol. The normalized spacial score (nSPS) is 12.9. The van der Waals surface area contributed by atoms with E-state index in [0.29, 0.717) is 19.4 Å². The van der Waals surface area contributed by atoms with Crippen molar-refractivity contribution in [2.45, 2.75) is 271 Å². The van der Waals surface area contributed by atoms with Crippen LogP contribution in [0.25, 0.3) is 0 Å². The highest BCUT2D eigenvalue weighted by Gasteiger charge is 2.17. The minimum Gasteiger partial charge on any atom is -0.462 e. The van der Waals surface area contributed by atoms with Gasteiger partial charge < -0.3 is 14.2 Å². The highest BCUT2D eigenvalue weighted by molar-refractivity contribution is 5.70. The summed E-state index contributed by atoms with van der Waals surface area (Å²) in [5, 5.41) is 0. The van der Waals surface area contributed by atoms with Crippen molar-refractivity contribution in [2.24, 2.45) is 0 Å². The molecule has 0 fully saturated rings. The van der Waals surface area contributed by atoms with Crippen LogP contribution in [0.15, 0.2) is 97.2 Å². The summed E-state index contributed by atoms with van der Waals surface area (Å²) in [6.07, 6.45) is 78.5. The molecule has 0 aromatic heterocycles. The van der Waals surface area contributed by atoms with Crippen molar-refractivity contribution in [2.75, 3.05) is 19.8 Å². The second kappa shape index (κ2) is 58.1. The molecule has 0 saturated heterocycles. The van der Waals surface area contributed by atoms with Crippen LogP contribution in [0.2, 0.25) is 0 Å². The summed E-state index contributed by atoms with van der Waals surface area (Å²) in [4.78, 5) is 25.5. The Morgan fingerprint density at radius 1 is 0.338 bits per heavy atom. The minimum atomic E-state index is -0.559. The second-order valence-electron chi connectivity index (χ2n) is 18.8. The molecule has 68 heavy (non-hydrogen) atoms. The van der Waals surface area contributed by atoms with E-state index in [9.17, 15) is 9.59 Å². The van der Waals surface area contributed by atoms with Crippen LogP contribution in [-0.2, 0) is 23.8 Å². The Hall–Kier alpha value is -3.18. The van der Waals surface area contributed by atoms with Gasteiger partial charge in [-0.2, -0.15) is 0 Å². The number of hydrogen-bond donors (Lipinski definition) is 0. The van der Waals surface area contributed by atoms with Crippen LogP contribution in [0.3, 0.4) is 0 Å². The number of carbonyl (C=O) groups excluding carboxylic acids is 2. The maximum atomic E-state index is 12.9. The molecule has 0 aliphatic heterocycles. The van der Waals surface area contributed by atoms with Crippen LogP contribution in [0.4, 0.5) is 0 Å². The number of esters is 2. The van der Waals surface area contributed by atoms with Gasteiger partial charge in [0.05, 0.1) is 6.61 Å². The molecule has 0 bridgehead atoms. The fraction of sp³-hybridized carbons (Fsp3) is 0.714.